The minimum absolute atomic E-state index is 0. The predicted octanol–water partition coefficient (Wildman–Crippen LogP) is -1.48. The summed E-state index contributed by atoms with van der Waals surface area (Å²) in [5.74, 6) is 0. The Labute approximate surface area is 83.1 Å². The zero-order valence-corrected chi connectivity index (χ0v) is 6.69. The van der Waals surface area contributed by atoms with Crippen molar-refractivity contribution in [1.82, 2.24) is 0 Å². The number of rotatable bonds is 0. The van der Waals surface area contributed by atoms with Crippen LogP contribution >= 0.6 is 0 Å². The average molecular weight is 165 g/mol. The summed E-state index contributed by atoms with van der Waals surface area (Å²) >= 11 is 0. The second-order valence-corrected chi connectivity index (χ2v) is 0.640. The molecular formula is CH7CaN3O4. The molecule has 0 radical (unpaired) electrons. The van der Waals surface area contributed by atoms with Crippen molar-refractivity contribution in [1.29, 1.82) is 0 Å². The van der Waals surface area contributed by atoms with Crippen molar-refractivity contribution in [3.63, 3.8) is 0 Å². The molecule has 0 aliphatic carbocycles. The molecule has 0 aromatic heterocycles. The Kier molecular flexibility index (Phi) is 18.8. The van der Waals surface area contributed by atoms with E-state index < -0.39 is 11.1 Å². The quantitative estimate of drug-likeness (QED) is 0.229. The molecule has 0 saturated heterocycles. The number of carbonyl (C=O) groups is 1. The molecule has 9 heavy (non-hydrogen) atoms. The van der Waals surface area contributed by atoms with Gasteiger partial charge in [-0.05, 0) is 0 Å². The van der Waals surface area contributed by atoms with Gasteiger partial charge >= 0.3 is 43.8 Å². The van der Waals surface area contributed by atoms with Gasteiger partial charge in [0.25, 0.3) is 5.09 Å². The Hall–Kier alpha value is -0.270. The fraction of sp³-hybridized carbons (Fsp3) is 0. The number of hydrogen-bond acceptors (Lipinski definition) is 3. The molecule has 0 bridgehead atoms. The van der Waals surface area contributed by atoms with Crippen molar-refractivity contribution in [3.8, 4) is 0 Å². The fourth-order valence-corrected chi connectivity index (χ4v) is 0. The van der Waals surface area contributed by atoms with E-state index in [0.29, 0.717) is 0 Å². The number of amides is 2. The standard InChI is InChI=1S/CH4N2O.Ca.HNO3.2H/c2-1(3)4;;2-1(3)4;;/h(H4,2,3,4);;(H,2,3,4);;/q;+2;;2*-1. The number of carbonyl (C=O) groups excluding carboxylic acids is 1. The van der Waals surface area contributed by atoms with E-state index in [9.17, 15) is 0 Å². The molecule has 0 aromatic carbocycles. The summed E-state index contributed by atoms with van der Waals surface area (Å²) in [5.41, 5.74) is 8.50. The Morgan fingerprint density at radius 3 is 1.67 bits per heavy atom. The van der Waals surface area contributed by atoms with Crippen LogP contribution in [0, 0.1) is 10.1 Å². The first-order valence-electron chi connectivity index (χ1n) is 1.35. The van der Waals surface area contributed by atoms with E-state index in [4.69, 9.17) is 20.1 Å². The van der Waals surface area contributed by atoms with Crippen LogP contribution in [0.25, 0.3) is 0 Å². The van der Waals surface area contributed by atoms with E-state index in [1.54, 1.807) is 0 Å². The minimum atomic E-state index is -1.50. The molecular weight excluding hydrogens is 158 g/mol. The van der Waals surface area contributed by atoms with E-state index >= 15 is 0 Å². The second kappa shape index (κ2) is 10.7. The van der Waals surface area contributed by atoms with Crippen molar-refractivity contribution >= 4 is 43.8 Å². The fourth-order valence-electron chi connectivity index (χ4n) is 0. The van der Waals surface area contributed by atoms with Crippen molar-refractivity contribution in [2.24, 2.45) is 11.5 Å². The molecule has 8 heteroatoms. The van der Waals surface area contributed by atoms with Crippen LogP contribution in [0.2, 0.25) is 0 Å². The first-order valence-corrected chi connectivity index (χ1v) is 1.35. The van der Waals surface area contributed by atoms with Crippen LogP contribution in [-0.2, 0) is 0 Å². The Bertz CT molecular complexity index is 81.3. The number of hydrogen-bond donors (Lipinski definition) is 3. The molecule has 0 fully saturated rings. The maximum atomic E-state index is 9.00. The molecule has 0 aliphatic rings. The van der Waals surface area contributed by atoms with Gasteiger partial charge in [-0.1, -0.05) is 0 Å². The summed E-state index contributed by atoms with van der Waals surface area (Å²) in [5, 5.41) is 13.6. The van der Waals surface area contributed by atoms with E-state index in [2.05, 4.69) is 11.5 Å². The second-order valence-electron chi connectivity index (χ2n) is 0.640. The third-order valence-corrected chi connectivity index (χ3v) is 0. The Morgan fingerprint density at radius 1 is 1.67 bits per heavy atom. The Morgan fingerprint density at radius 2 is 1.67 bits per heavy atom. The molecule has 0 unspecified atom stereocenters. The molecule has 0 saturated carbocycles. The minimum Gasteiger partial charge on any atom is -1.00 e. The molecule has 0 spiro atoms. The van der Waals surface area contributed by atoms with Gasteiger partial charge in [-0.25, -0.2) is 4.79 Å². The van der Waals surface area contributed by atoms with Gasteiger partial charge in [0.15, 0.2) is 0 Å². The number of urea groups is 1. The predicted molar refractivity (Wildman–Crippen MR) is 30.5 cm³/mol. The van der Waals surface area contributed by atoms with Gasteiger partial charge < -0.3 is 19.5 Å². The molecule has 7 nitrogen and oxygen atoms in total. The third-order valence-electron chi connectivity index (χ3n) is 0. The summed E-state index contributed by atoms with van der Waals surface area (Å²) in [6.45, 7) is 0. The zero-order valence-electron chi connectivity index (χ0n) is 6.48. The first kappa shape index (κ1) is 15.9. The van der Waals surface area contributed by atoms with Gasteiger partial charge in [0, 0.05) is 0 Å². The largest absolute Gasteiger partial charge is 2.00 e. The zero-order chi connectivity index (χ0) is 7.15. The van der Waals surface area contributed by atoms with Gasteiger partial charge in [-0.3, -0.25) is 0 Å². The number of nitrogens with zero attached hydrogens (tertiary/aromatic N) is 1. The van der Waals surface area contributed by atoms with Crippen LogP contribution in [0.1, 0.15) is 2.85 Å². The van der Waals surface area contributed by atoms with E-state index in [-0.39, 0.29) is 40.6 Å². The topological polar surface area (TPSA) is 132 Å². The van der Waals surface area contributed by atoms with Gasteiger partial charge in [0.2, 0.25) is 0 Å². The van der Waals surface area contributed by atoms with Crippen LogP contribution in [-0.4, -0.2) is 54.1 Å². The monoisotopic (exact) mass is 165 g/mol. The van der Waals surface area contributed by atoms with Crippen LogP contribution in [0.5, 0.6) is 0 Å². The maximum absolute atomic E-state index is 9.00. The van der Waals surface area contributed by atoms with Gasteiger partial charge in [0.1, 0.15) is 0 Å². The molecule has 52 valence electrons. The molecule has 0 atom stereocenters. The molecule has 2 amide bonds. The smallest absolute Gasteiger partial charge is 1.00 e. The summed E-state index contributed by atoms with van der Waals surface area (Å²) in [4.78, 5) is 17.4. The Balaban J connectivity index is -0.0000000171. The van der Waals surface area contributed by atoms with Crippen LogP contribution in [0.4, 0.5) is 4.79 Å². The molecule has 5 N–H and O–H groups in total. The van der Waals surface area contributed by atoms with Crippen LogP contribution in [0.3, 0.4) is 0 Å². The molecule has 0 rings (SSSR count). The van der Waals surface area contributed by atoms with Crippen molar-refractivity contribution in [2.45, 2.75) is 0 Å². The van der Waals surface area contributed by atoms with Crippen molar-refractivity contribution < 1.29 is 17.9 Å². The molecule has 0 aliphatic heterocycles. The van der Waals surface area contributed by atoms with E-state index in [1.165, 1.54) is 0 Å². The van der Waals surface area contributed by atoms with Gasteiger partial charge in [0.05, 0.1) is 0 Å². The first-order chi connectivity index (χ1) is 3.46. The normalized spacial score (nSPS) is 5.33. The SMILES string of the molecule is NC(N)=O.O=[N+]([O-])O.[Ca+2].[H-].[H-]. The summed E-state index contributed by atoms with van der Waals surface area (Å²) in [6.07, 6.45) is 0. The van der Waals surface area contributed by atoms with E-state index in [0.717, 1.165) is 0 Å². The van der Waals surface area contributed by atoms with E-state index in [1.807, 2.05) is 0 Å². The third kappa shape index (κ3) is 3470. The molecule has 0 heterocycles. The van der Waals surface area contributed by atoms with Crippen molar-refractivity contribution in [2.75, 3.05) is 0 Å². The summed E-state index contributed by atoms with van der Waals surface area (Å²) < 4.78 is 0. The van der Waals surface area contributed by atoms with Gasteiger partial charge in [-0.15, -0.1) is 10.1 Å². The maximum Gasteiger partial charge on any atom is 2.00 e. The molecule has 0 aromatic rings. The average Bonchev–Trinajstić information content (AvgIpc) is 1.25. The summed E-state index contributed by atoms with van der Waals surface area (Å²) in [6, 6.07) is -0.833. The number of primary amides is 2. The van der Waals surface area contributed by atoms with Crippen LogP contribution < -0.4 is 11.5 Å². The van der Waals surface area contributed by atoms with Crippen molar-refractivity contribution in [3.05, 3.63) is 10.1 Å². The van der Waals surface area contributed by atoms with Crippen LogP contribution in [0.15, 0.2) is 0 Å². The van der Waals surface area contributed by atoms with Gasteiger partial charge in [-0.2, -0.15) is 0 Å². The number of nitrogens with two attached hydrogens (primary N) is 2. The summed E-state index contributed by atoms with van der Waals surface area (Å²) in [7, 11) is 0.